The van der Waals surface area contributed by atoms with Gasteiger partial charge in [0.1, 0.15) is 0 Å². The lowest BCUT2D eigenvalue weighted by Gasteiger charge is -2.27. The van der Waals surface area contributed by atoms with Crippen molar-refractivity contribution >= 4 is 44.1 Å². The number of ether oxygens (including phenoxy) is 1. The Hall–Kier alpha value is -2.24. The van der Waals surface area contributed by atoms with Gasteiger partial charge in [0, 0.05) is 27.9 Å². The maximum absolute atomic E-state index is 12.6. The first-order chi connectivity index (χ1) is 14.0. The predicted molar refractivity (Wildman–Crippen MR) is 120 cm³/mol. The van der Waals surface area contributed by atoms with Gasteiger partial charge >= 0.3 is 0 Å². The molecule has 0 saturated carbocycles. The van der Waals surface area contributed by atoms with Crippen molar-refractivity contribution in [2.24, 2.45) is 0 Å². The minimum absolute atomic E-state index is 0.220. The average molecular weight is 522 g/mol. The second-order valence-electron chi connectivity index (χ2n) is 6.52. The van der Waals surface area contributed by atoms with E-state index in [0.717, 1.165) is 28.0 Å². The van der Waals surface area contributed by atoms with Gasteiger partial charge < -0.3 is 9.64 Å². The number of nitrogens with one attached hydrogen (secondary N) is 1. The molecule has 0 atom stereocenters. The van der Waals surface area contributed by atoms with Gasteiger partial charge in [-0.1, -0.05) is 12.1 Å². The normalized spacial score (nSPS) is 14.6. The molecule has 2 heterocycles. The molecule has 1 aliphatic rings. The summed E-state index contributed by atoms with van der Waals surface area (Å²) < 4.78 is 34.2. The zero-order valence-corrected chi connectivity index (χ0v) is 18.4. The van der Waals surface area contributed by atoms with Crippen LogP contribution in [0.5, 0.6) is 0 Å². The number of aromatic nitrogens is 2. The molecule has 4 rings (SSSR count). The van der Waals surface area contributed by atoms with Gasteiger partial charge in [-0.05, 0) is 71.1 Å². The van der Waals surface area contributed by atoms with E-state index in [4.69, 9.17) is 4.74 Å². The van der Waals surface area contributed by atoms with Crippen LogP contribution in [-0.4, -0.2) is 44.9 Å². The highest BCUT2D eigenvalue weighted by Crippen LogP contribution is 2.24. The van der Waals surface area contributed by atoms with Crippen molar-refractivity contribution in [3.8, 4) is 11.3 Å². The maximum Gasteiger partial charge on any atom is 0.261 e. The number of rotatable bonds is 5. The summed E-state index contributed by atoms with van der Waals surface area (Å²) in [6, 6.07) is 17.6. The lowest BCUT2D eigenvalue weighted by molar-refractivity contribution is 0.122. The van der Waals surface area contributed by atoms with Gasteiger partial charge in [-0.15, -0.1) is 10.2 Å². The summed E-state index contributed by atoms with van der Waals surface area (Å²) in [7, 11) is -3.66. The van der Waals surface area contributed by atoms with Gasteiger partial charge in [0.2, 0.25) is 0 Å². The van der Waals surface area contributed by atoms with Crippen LogP contribution in [0.1, 0.15) is 0 Å². The van der Waals surface area contributed by atoms with Crippen LogP contribution < -0.4 is 9.62 Å². The lowest BCUT2D eigenvalue weighted by Crippen LogP contribution is -2.36. The second kappa shape index (κ2) is 8.64. The quantitative estimate of drug-likeness (QED) is 0.518. The highest BCUT2D eigenvalue weighted by atomic mass is 127. The molecule has 1 saturated heterocycles. The van der Waals surface area contributed by atoms with Gasteiger partial charge in [0.15, 0.2) is 5.82 Å². The minimum Gasteiger partial charge on any atom is -0.378 e. The molecule has 7 nitrogen and oxygen atoms in total. The van der Waals surface area contributed by atoms with Crippen LogP contribution in [0.25, 0.3) is 11.3 Å². The van der Waals surface area contributed by atoms with Crippen molar-refractivity contribution in [3.63, 3.8) is 0 Å². The van der Waals surface area contributed by atoms with Crippen molar-refractivity contribution in [2.75, 3.05) is 35.9 Å². The highest BCUT2D eigenvalue weighted by Gasteiger charge is 2.15. The Morgan fingerprint density at radius 1 is 0.966 bits per heavy atom. The van der Waals surface area contributed by atoms with E-state index in [1.165, 1.54) is 0 Å². The Bertz CT molecular complexity index is 1080. The van der Waals surface area contributed by atoms with Crippen LogP contribution in [0, 0.1) is 3.57 Å². The zero-order chi connectivity index (χ0) is 20.3. The number of halogens is 1. The minimum atomic E-state index is -3.66. The van der Waals surface area contributed by atoms with Gasteiger partial charge in [0.05, 0.1) is 23.8 Å². The van der Waals surface area contributed by atoms with Gasteiger partial charge in [-0.25, -0.2) is 8.42 Å². The standard InChI is InChI=1S/C20H19IN4O3S/c21-16-4-6-18(7-5-16)29(26,27)24-17-3-1-2-15(14-17)19-8-9-20(23-22-19)25-10-12-28-13-11-25/h1-9,14,24H,10-13H2. The first-order valence-electron chi connectivity index (χ1n) is 9.06. The largest absolute Gasteiger partial charge is 0.378 e. The molecule has 150 valence electrons. The summed E-state index contributed by atoms with van der Waals surface area (Å²) in [4.78, 5) is 2.35. The summed E-state index contributed by atoms with van der Waals surface area (Å²) in [5, 5.41) is 8.64. The number of anilines is 2. The van der Waals surface area contributed by atoms with Gasteiger partial charge in [0.25, 0.3) is 10.0 Å². The van der Waals surface area contributed by atoms with Crippen molar-refractivity contribution < 1.29 is 13.2 Å². The van der Waals surface area contributed by atoms with E-state index in [2.05, 4.69) is 42.4 Å². The molecule has 0 bridgehead atoms. The van der Waals surface area contributed by atoms with E-state index in [1.807, 2.05) is 18.2 Å². The molecule has 1 N–H and O–H groups in total. The molecule has 9 heteroatoms. The molecule has 0 unspecified atom stereocenters. The Morgan fingerprint density at radius 2 is 1.72 bits per heavy atom. The lowest BCUT2D eigenvalue weighted by atomic mass is 10.1. The van der Waals surface area contributed by atoms with E-state index in [1.54, 1.807) is 42.5 Å². The monoisotopic (exact) mass is 522 g/mol. The number of hydrogen-bond acceptors (Lipinski definition) is 6. The fourth-order valence-corrected chi connectivity index (χ4v) is 4.42. The van der Waals surface area contributed by atoms with Gasteiger partial charge in [-0.2, -0.15) is 0 Å². The molecule has 1 aliphatic heterocycles. The van der Waals surface area contributed by atoms with E-state index >= 15 is 0 Å². The molecular weight excluding hydrogens is 503 g/mol. The van der Waals surface area contributed by atoms with Crippen LogP contribution in [0.4, 0.5) is 11.5 Å². The average Bonchev–Trinajstić information content (AvgIpc) is 2.75. The third-order valence-corrected chi connectivity index (χ3v) is 6.64. The molecule has 2 aromatic carbocycles. The molecule has 29 heavy (non-hydrogen) atoms. The molecule has 1 fully saturated rings. The number of morpholine rings is 1. The molecule has 0 amide bonds. The molecule has 3 aromatic rings. The third-order valence-electron chi connectivity index (χ3n) is 4.52. The van der Waals surface area contributed by atoms with Crippen LogP contribution in [0.2, 0.25) is 0 Å². The smallest absolute Gasteiger partial charge is 0.261 e. The summed E-state index contributed by atoms with van der Waals surface area (Å²) in [6.07, 6.45) is 0. The van der Waals surface area contributed by atoms with Crippen LogP contribution in [0.15, 0.2) is 65.6 Å². The molecular formula is C20H19IN4O3S. The summed E-state index contributed by atoms with van der Waals surface area (Å²) in [5.41, 5.74) is 1.94. The Balaban J connectivity index is 1.53. The molecule has 1 aromatic heterocycles. The highest BCUT2D eigenvalue weighted by molar-refractivity contribution is 14.1. The number of benzene rings is 2. The van der Waals surface area contributed by atoms with Crippen LogP contribution in [-0.2, 0) is 14.8 Å². The second-order valence-corrected chi connectivity index (χ2v) is 9.44. The topological polar surface area (TPSA) is 84.4 Å². The van der Waals surface area contributed by atoms with Crippen LogP contribution in [0.3, 0.4) is 0 Å². The summed E-state index contributed by atoms with van der Waals surface area (Å²) in [5.74, 6) is 0.813. The first-order valence-corrected chi connectivity index (χ1v) is 11.6. The van der Waals surface area contributed by atoms with E-state index in [0.29, 0.717) is 24.6 Å². The van der Waals surface area contributed by atoms with Crippen molar-refractivity contribution in [3.05, 3.63) is 64.2 Å². The number of hydrogen-bond donors (Lipinski definition) is 1. The van der Waals surface area contributed by atoms with E-state index in [-0.39, 0.29) is 4.90 Å². The Morgan fingerprint density at radius 3 is 2.41 bits per heavy atom. The summed E-state index contributed by atoms with van der Waals surface area (Å²) in [6.45, 7) is 2.96. The Labute approximate surface area is 183 Å². The van der Waals surface area contributed by atoms with Crippen LogP contribution >= 0.6 is 22.6 Å². The third kappa shape index (κ3) is 4.85. The van der Waals surface area contributed by atoms with Crippen molar-refractivity contribution in [1.29, 1.82) is 0 Å². The number of nitrogens with zero attached hydrogens (tertiary/aromatic N) is 3. The molecule has 0 aliphatic carbocycles. The van der Waals surface area contributed by atoms with Crippen molar-refractivity contribution in [2.45, 2.75) is 4.90 Å². The Kier molecular flexibility index (Phi) is 5.97. The van der Waals surface area contributed by atoms with E-state index < -0.39 is 10.0 Å². The first kappa shape index (κ1) is 20.0. The molecule has 0 spiro atoms. The molecule has 0 radical (unpaired) electrons. The maximum atomic E-state index is 12.6. The fourth-order valence-electron chi connectivity index (χ4n) is 3.01. The fraction of sp³-hybridized carbons (Fsp3) is 0.200. The van der Waals surface area contributed by atoms with E-state index in [9.17, 15) is 8.42 Å². The SMILES string of the molecule is O=S(=O)(Nc1cccc(-c2ccc(N3CCOCC3)nn2)c1)c1ccc(I)cc1. The summed E-state index contributed by atoms with van der Waals surface area (Å²) >= 11 is 2.14. The van der Waals surface area contributed by atoms with Crippen molar-refractivity contribution in [1.82, 2.24) is 10.2 Å². The predicted octanol–water partition coefficient (Wildman–Crippen LogP) is 3.39. The zero-order valence-electron chi connectivity index (χ0n) is 15.5. The van der Waals surface area contributed by atoms with Gasteiger partial charge in [-0.3, -0.25) is 4.72 Å². The number of sulfonamides is 1.